The second-order valence-electron chi connectivity index (χ2n) is 4.74. The number of benzene rings is 1. The molecule has 0 aliphatic heterocycles. The van der Waals surface area contributed by atoms with Crippen LogP contribution in [0.4, 0.5) is 4.79 Å². The van der Waals surface area contributed by atoms with Crippen LogP contribution in [-0.4, -0.2) is 45.7 Å². The fraction of sp³-hybridized carbons (Fsp3) is 0.462. The molecular formula is C13H21N3O3S. The zero-order valence-corrected chi connectivity index (χ0v) is 12.8. The van der Waals surface area contributed by atoms with E-state index in [9.17, 15) is 13.2 Å². The van der Waals surface area contributed by atoms with Crippen molar-refractivity contribution < 1.29 is 13.2 Å². The van der Waals surface area contributed by atoms with Crippen molar-refractivity contribution >= 4 is 16.1 Å². The second kappa shape index (κ2) is 7.25. The van der Waals surface area contributed by atoms with Gasteiger partial charge in [0.2, 0.25) is 10.0 Å². The molecule has 20 heavy (non-hydrogen) atoms. The van der Waals surface area contributed by atoms with Gasteiger partial charge in [-0.1, -0.05) is 29.8 Å². The van der Waals surface area contributed by atoms with E-state index in [2.05, 4.69) is 10.0 Å². The number of rotatable bonds is 6. The van der Waals surface area contributed by atoms with Crippen LogP contribution in [0.1, 0.15) is 11.1 Å². The predicted octanol–water partition coefficient (Wildman–Crippen LogP) is 0.686. The van der Waals surface area contributed by atoms with Gasteiger partial charge in [0.25, 0.3) is 0 Å². The number of urea groups is 1. The molecule has 0 atom stereocenters. The highest BCUT2D eigenvalue weighted by Crippen LogP contribution is 2.05. The van der Waals surface area contributed by atoms with E-state index in [0.717, 1.165) is 11.8 Å². The zero-order chi connectivity index (χ0) is 15.2. The van der Waals surface area contributed by atoms with Gasteiger partial charge < -0.3 is 10.2 Å². The maximum atomic E-state index is 11.8. The molecule has 1 rings (SSSR count). The third-order valence-electron chi connectivity index (χ3n) is 2.65. The molecule has 7 heteroatoms. The van der Waals surface area contributed by atoms with Crippen molar-refractivity contribution in [2.75, 3.05) is 26.4 Å². The van der Waals surface area contributed by atoms with Crippen molar-refractivity contribution in [2.24, 2.45) is 0 Å². The van der Waals surface area contributed by atoms with Crippen LogP contribution in [0.15, 0.2) is 24.3 Å². The van der Waals surface area contributed by atoms with Gasteiger partial charge in [-0.25, -0.2) is 17.9 Å². The Hall–Kier alpha value is -1.60. The number of carbonyl (C=O) groups excluding carboxylic acids is 1. The third-order valence-corrected chi connectivity index (χ3v) is 3.38. The summed E-state index contributed by atoms with van der Waals surface area (Å²) in [5, 5.41) is 2.65. The van der Waals surface area contributed by atoms with Gasteiger partial charge in [-0.05, 0) is 12.5 Å². The van der Waals surface area contributed by atoms with E-state index in [1.165, 1.54) is 5.56 Å². The van der Waals surface area contributed by atoms with E-state index in [0.29, 0.717) is 6.54 Å². The van der Waals surface area contributed by atoms with Gasteiger partial charge in [-0.3, -0.25) is 0 Å². The molecule has 0 fully saturated rings. The molecule has 0 saturated carbocycles. The lowest BCUT2D eigenvalue weighted by molar-refractivity contribution is 0.207. The molecule has 6 nitrogen and oxygen atoms in total. The van der Waals surface area contributed by atoms with E-state index in [-0.39, 0.29) is 19.1 Å². The van der Waals surface area contributed by atoms with E-state index >= 15 is 0 Å². The molecule has 1 aromatic carbocycles. The zero-order valence-electron chi connectivity index (χ0n) is 12.0. The number of carbonyl (C=O) groups is 1. The molecule has 0 aliphatic rings. The Kier molecular flexibility index (Phi) is 5.97. The maximum absolute atomic E-state index is 11.8. The molecule has 0 bridgehead atoms. The number of aryl methyl sites for hydroxylation is 1. The second-order valence-corrected chi connectivity index (χ2v) is 6.57. The van der Waals surface area contributed by atoms with Crippen LogP contribution >= 0.6 is 0 Å². The summed E-state index contributed by atoms with van der Waals surface area (Å²) in [4.78, 5) is 13.3. The van der Waals surface area contributed by atoms with Crippen LogP contribution in [0.5, 0.6) is 0 Å². The number of nitrogens with zero attached hydrogens (tertiary/aromatic N) is 1. The van der Waals surface area contributed by atoms with Crippen LogP contribution in [0.25, 0.3) is 0 Å². The summed E-state index contributed by atoms with van der Waals surface area (Å²) in [6.45, 7) is 2.95. The first kappa shape index (κ1) is 16.5. The van der Waals surface area contributed by atoms with Crippen LogP contribution in [0, 0.1) is 6.92 Å². The minimum absolute atomic E-state index is 0.183. The Morgan fingerprint density at radius 1 is 1.20 bits per heavy atom. The van der Waals surface area contributed by atoms with Gasteiger partial charge in [0, 0.05) is 26.7 Å². The molecular weight excluding hydrogens is 278 g/mol. The van der Waals surface area contributed by atoms with Gasteiger partial charge in [0.05, 0.1) is 6.26 Å². The number of hydrogen-bond donors (Lipinski definition) is 2. The van der Waals surface area contributed by atoms with Gasteiger partial charge in [-0.2, -0.15) is 0 Å². The summed E-state index contributed by atoms with van der Waals surface area (Å²) in [5.74, 6) is 0. The average molecular weight is 299 g/mol. The highest BCUT2D eigenvalue weighted by molar-refractivity contribution is 7.88. The smallest absolute Gasteiger partial charge is 0.317 e. The molecule has 0 heterocycles. The third kappa shape index (κ3) is 6.53. The van der Waals surface area contributed by atoms with Crippen LogP contribution < -0.4 is 10.0 Å². The molecule has 0 saturated heterocycles. The lowest BCUT2D eigenvalue weighted by atomic mass is 10.1. The normalized spacial score (nSPS) is 11.2. The lowest BCUT2D eigenvalue weighted by Crippen LogP contribution is -2.40. The van der Waals surface area contributed by atoms with Gasteiger partial charge in [0.15, 0.2) is 0 Å². The molecule has 1 aromatic rings. The molecule has 2 amide bonds. The largest absolute Gasteiger partial charge is 0.337 e. The molecule has 0 radical (unpaired) electrons. The highest BCUT2D eigenvalue weighted by atomic mass is 32.2. The van der Waals surface area contributed by atoms with E-state index in [1.54, 1.807) is 11.9 Å². The number of sulfonamides is 1. The van der Waals surface area contributed by atoms with Gasteiger partial charge in [0.1, 0.15) is 0 Å². The summed E-state index contributed by atoms with van der Waals surface area (Å²) < 4.78 is 24.0. The molecule has 0 unspecified atom stereocenters. The molecule has 112 valence electrons. The predicted molar refractivity (Wildman–Crippen MR) is 78.9 cm³/mol. The topological polar surface area (TPSA) is 78.5 Å². The Bertz CT molecular complexity index is 540. The average Bonchev–Trinajstić information content (AvgIpc) is 2.36. The molecule has 0 aliphatic carbocycles. The Morgan fingerprint density at radius 2 is 1.80 bits per heavy atom. The minimum atomic E-state index is -3.21. The summed E-state index contributed by atoms with van der Waals surface area (Å²) >= 11 is 0. The van der Waals surface area contributed by atoms with Crippen molar-refractivity contribution in [3.05, 3.63) is 35.4 Å². The standard InChI is InChI=1S/C13H21N3O3S/c1-11-4-6-12(7-5-11)10-16(2)13(17)14-8-9-15-20(3,18)19/h4-7,15H,8-10H2,1-3H3,(H,14,17). The number of amides is 2. The quantitative estimate of drug-likeness (QED) is 0.758. The Labute approximate surface area is 120 Å². The Balaban J connectivity index is 2.34. The van der Waals surface area contributed by atoms with Crippen molar-refractivity contribution in [1.82, 2.24) is 14.9 Å². The van der Waals surface area contributed by atoms with E-state index < -0.39 is 10.0 Å². The van der Waals surface area contributed by atoms with Gasteiger partial charge >= 0.3 is 6.03 Å². The Morgan fingerprint density at radius 3 is 2.35 bits per heavy atom. The van der Waals surface area contributed by atoms with Crippen molar-refractivity contribution in [1.29, 1.82) is 0 Å². The summed E-state index contributed by atoms with van der Waals surface area (Å²) in [7, 11) is -1.52. The van der Waals surface area contributed by atoms with Crippen molar-refractivity contribution in [2.45, 2.75) is 13.5 Å². The number of nitrogens with one attached hydrogen (secondary N) is 2. The summed E-state index contributed by atoms with van der Waals surface area (Å²) in [6, 6.07) is 7.71. The monoisotopic (exact) mass is 299 g/mol. The lowest BCUT2D eigenvalue weighted by Gasteiger charge is -2.18. The summed E-state index contributed by atoms with van der Waals surface area (Å²) in [5.41, 5.74) is 2.22. The van der Waals surface area contributed by atoms with Crippen LogP contribution in [0.2, 0.25) is 0 Å². The highest BCUT2D eigenvalue weighted by Gasteiger charge is 2.08. The van der Waals surface area contributed by atoms with Crippen LogP contribution in [-0.2, 0) is 16.6 Å². The van der Waals surface area contributed by atoms with Crippen molar-refractivity contribution in [3.8, 4) is 0 Å². The summed E-state index contributed by atoms with van der Waals surface area (Å²) in [6.07, 6.45) is 1.08. The first-order chi connectivity index (χ1) is 9.28. The number of hydrogen-bond acceptors (Lipinski definition) is 3. The minimum Gasteiger partial charge on any atom is -0.337 e. The first-order valence-corrected chi connectivity index (χ1v) is 8.16. The molecule has 0 aromatic heterocycles. The van der Waals surface area contributed by atoms with Crippen molar-refractivity contribution in [3.63, 3.8) is 0 Å². The fourth-order valence-electron chi connectivity index (χ4n) is 1.58. The molecule has 2 N–H and O–H groups in total. The van der Waals surface area contributed by atoms with E-state index in [1.807, 2.05) is 31.2 Å². The SMILES string of the molecule is Cc1ccc(CN(C)C(=O)NCCNS(C)(=O)=O)cc1. The van der Waals surface area contributed by atoms with Crippen LogP contribution in [0.3, 0.4) is 0 Å². The van der Waals surface area contributed by atoms with E-state index in [4.69, 9.17) is 0 Å². The van der Waals surface area contributed by atoms with Gasteiger partial charge in [-0.15, -0.1) is 0 Å². The fourth-order valence-corrected chi connectivity index (χ4v) is 2.05. The first-order valence-electron chi connectivity index (χ1n) is 6.27. The maximum Gasteiger partial charge on any atom is 0.317 e. The molecule has 0 spiro atoms.